The van der Waals surface area contributed by atoms with Gasteiger partial charge in [0.05, 0.1) is 18.7 Å². The number of rotatable bonds is 11. The number of hydrogen-bond donors (Lipinski definition) is 2. The maximum atomic E-state index is 13.4. The lowest BCUT2D eigenvalue weighted by atomic mass is 10.1. The highest BCUT2D eigenvalue weighted by Crippen LogP contribution is 2.42. The summed E-state index contributed by atoms with van der Waals surface area (Å²) in [4.78, 5) is 12.9. The number of methoxy groups -OCH3 is 1. The first-order valence-corrected chi connectivity index (χ1v) is 13.8. The minimum absolute atomic E-state index is 0.0124. The van der Waals surface area contributed by atoms with Crippen LogP contribution in [-0.4, -0.2) is 48.8 Å². The first kappa shape index (κ1) is 28.8. The van der Waals surface area contributed by atoms with Crippen molar-refractivity contribution in [2.45, 2.75) is 24.8 Å². The zero-order valence-electron chi connectivity index (χ0n) is 21.7. The molecular weight excluding hydrogens is 562 g/mol. The number of pyridine rings is 2. The molecule has 3 heterocycles. The van der Waals surface area contributed by atoms with E-state index in [4.69, 9.17) is 25.8 Å². The molecule has 3 aromatic heterocycles. The Kier molecular flexibility index (Phi) is 8.87. The summed E-state index contributed by atoms with van der Waals surface area (Å²) in [6, 6.07) is 10.6. The van der Waals surface area contributed by atoms with Crippen LogP contribution in [0.3, 0.4) is 0 Å². The fourth-order valence-corrected chi connectivity index (χ4v) is 4.49. The summed E-state index contributed by atoms with van der Waals surface area (Å²) in [6.45, 7) is 3.36. The van der Waals surface area contributed by atoms with Crippen LogP contribution in [0, 0.1) is 5.21 Å². The van der Waals surface area contributed by atoms with Crippen molar-refractivity contribution in [1.82, 2.24) is 15.0 Å². The van der Waals surface area contributed by atoms with Gasteiger partial charge in [-0.15, -0.1) is 0 Å². The summed E-state index contributed by atoms with van der Waals surface area (Å²) in [6.07, 6.45) is 3.95. The maximum absolute atomic E-state index is 13.4. The molecule has 0 saturated heterocycles. The molecule has 0 radical (unpaired) electrons. The summed E-state index contributed by atoms with van der Waals surface area (Å²) >= 11 is 6.34. The number of nitrogens with one attached hydrogen (secondary N) is 1. The van der Waals surface area contributed by atoms with Crippen LogP contribution < -0.4 is 23.7 Å². The zero-order valence-corrected chi connectivity index (χ0v) is 23.3. The number of aromatic nitrogens is 4. The molecule has 0 unspecified atom stereocenters. The van der Waals surface area contributed by atoms with E-state index in [2.05, 4.69) is 19.7 Å². The maximum Gasteiger partial charge on any atom is 0.280 e. The van der Waals surface area contributed by atoms with E-state index >= 15 is 0 Å². The van der Waals surface area contributed by atoms with Gasteiger partial charge in [-0.1, -0.05) is 31.5 Å². The van der Waals surface area contributed by atoms with E-state index in [-0.39, 0.29) is 58.2 Å². The first-order chi connectivity index (χ1) is 19.1. The van der Waals surface area contributed by atoms with Crippen molar-refractivity contribution in [2.75, 3.05) is 25.0 Å². The summed E-state index contributed by atoms with van der Waals surface area (Å²) in [5.74, 6) is -0.0510. The third kappa shape index (κ3) is 6.68. The molecule has 12 nitrogen and oxygen atoms in total. The Labute approximate surface area is 235 Å². The fourth-order valence-electron chi connectivity index (χ4n) is 3.39. The summed E-state index contributed by atoms with van der Waals surface area (Å²) in [5.41, 5.74) is 1.24. The molecule has 0 saturated carbocycles. The summed E-state index contributed by atoms with van der Waals surface area (Å²) < 4.78 is 46.7. The average molecular weight is 588 g/mol. The van der Waals surface area contributed by atoms with Gasteiger partial charge in [0.15, 0.2) is 29.1 Å². The van der Waals surface area contributed by atoms with Crippen molar-refractivity contribution in [2.24, 2.45) is 0 Å². The summed E-state index contributed by atoms with van der Waals surface area (Å²) in [5, 5.41) is 20.9. The van der Waals surface area contributed by atoms with Crippen LogP contribution in [-0.2, 0) is 10.0 Å². The smallest absolute Gasteiger partial charge is 0.280 e. The van der Waals surface area contributed by atoms with E-state index in [0.29, 0.717) is 16.0 Å². The Morgan fingerprint density at radius 3 is 2.50 bits per heavy atom. The molecule has 0 bridgehead atoms. The number of anilines is 1. The van der Waals surface area contributed by atoms with Crippen LogP contribution in [0.1, 0.15) is 25.3 Å². The van der Waals surface area contributed by atoms with Gasteiger partial charge >= 0.3 is 0 Å². The molecule has 0 fully saturated rings. The van der Waals surface area contributed by atoms with Gasteiger partial charge in [-0.25, -0.2) is 9.97 Å². The van der Waals surface area contributed by atoms with E-state index in [1.807, 2.05) is 13.8 Å². The first-order valence-electron chi connectivity index (χ1n) is 12.0. The molecule has 0 aliphatic rings. The van der Waals surface area contributed by atoms with Crippen LogP contribution in [0.2, 0.25) is 5.02 Å². The quantitative estimate of drug-likeness (QED) is 0.194. The fraction of sp³-hybridized carbons (Fsp3) is 0.231. The van der Waals surface area contributed by atoms with Gasteiger partial charge in [0, 0.05) is 30.0 Å². The summed E-state index contributed by atoms with van der Waals surface area (Å²) in [7, 11) is -2.82. The number of halogens is 1. The Morgan fingerprint density at radius 1 is 1.12 bits per heavy atom. The van der Waals surface area contributed by atoms with Gasteiger partial charge < -0.3 is 24.5 Å². The van der Waals surface area contributed by atoms with Crippen molar-refractivity contribution < 1.29 is 32.5 Å². The lowest BCUT2D eigenvalue weighted by Gasteiger charge is -2.18. The molecule has 0 atom stereocenters. The van der Waals surface area contributed by atoms with Crippen LogP contribution in [0.15, 0.2) is 66.1 Å². The van der Waals surface area contributed by atoms with Crippen LogP contribution in [0.25, 0.3) is 11.4 Å². The molecule has 0 spiro atoms. The number of nitrogens with zero attached hydrogens (tertiary/aromatic N) is 4. The third-order valence-electron chi connectivity index (χ3n) is 5.51. The topological polar surface area (TPSA) is 160 Å². The zero-order chi connectivity index (χ0) is 28.9. The van der Waals surface area contributed by atoms with E-state index in [1.54, 1.807) is 12.1 Å². The van der Waals surface area contributed by atoms with Gasteiger partial charge in [0.1, 0.15) is 18.1 Å². The predicted octanol–water partition coefficient (Wildman–Crippen LogP) is 3.92. The van der Waals surface area contributed by atoms with Crippen molar-refractivity contribution in [3.63, 3.8) is 0 Å². The van der Waals surface area contributed by atoms with E-state index in [1.165, 1.54) is 56.0 Å². The van der Waals surface area contributed by atoms with Gasteiger partial charge in [-0.05, 0) is 29.7 Å². The molecule has 210 valence electrons. The average Bonchev–Trinajstić information content (AvgIpc) is 2.94. The Hall–Kier alpha value is -4.20. The molecule has 0 amide bonds. The predicted molar refractivity (Wildman–Crippen MR) is 146 cm³/mol. The SMILES string of the molecule is COc1ccc(Cl)c(Oc2c(NS(=O)(=O)c3ccc(C(C)C)cn3)nc(-c3cc[n+]([O-])cc3)nc2OCCO)c1. The number of hydrogen-bond acceptors (Lipinski definition) is 10. The second-order valence-corrected chi connectivity index (χ2v) is 10.7. The monoisotopic (exact) mass is 587 g/mol. The largest absolute Gasteiger partial charge is 0.619 e. The molecule has 2 N–H and O–H groups in total. The highest BCUT2D eigenvalue weighted by atomic mass is 35.5. The molecule has 4 aromatic rings. The molecule has 0 aliphatic heterocycles. The van der Waals surface area contributed by atoms with Gasteiger partial charge in [-0.3, -0.25) is 4.72 Å². The van der Waals surface area contributed by atoms with E-state index < -0.39 is 10.0 Å². The number of aliphatic hydroxyl groups excluding tert-OH is 1. The Morgan fingerprint density at radius 2 is 1.88 bits per heavy atom. The lowest BCUT2D eigenvalue weighted by molar-refractivity contribution is -0.605. The highest BCUT2D eigenvalue weighted by molar-refractivity contribution is 7.92. The van der Waals surface area contributed by atoms with Crippen molar-refractivity contribution in [3.05, 3.63) is 76.8 Å². The Bertz CT molecular complexity index is 1580. The number of ether oxygens (including phenoxy) is 3. The minimum Gasteiger partial charge on any atom is -0.619 e. The molecule has 4 rings (SSSR count). The van der Waals surface area contributed by atoms with E-state index in [9.17, 15) is 18.7 Å². The van der Waals surface area contributed by atoms with Crippen molar-refractivity contribution in [3.8, 4) is 34.5 Å². The molecular formula is C26H26ClN5O7S. The van der Waals surface area contributed by atoms with Crippen molar-refractivity contribution >= 4 is 27.4 Å². The lowest BCUT2D eigenvalue weighted by Crippen LogP contribution is -2.23. The minimum atomic E-state index is -4.28. The van der Waals surface area contributed by atoms with Crippen LogP contribution in [0.5, 0.6) is 23.1 Å². The van der Waals surface area contributed by atoms with E-state index in [0.717, 1.165) is 5.56 Å². The van der Waals surface area contributed by atoms with Crippen molar-refractivity contribution in [1.29, 1.82) is 0 Å². The van der Waals surface area contributed by atoms with Gasteiger partial charge in [0.25, 0.3) is 15.9 Å². The second-order valence-electron chi connectivity index (χ2n) is 8.64. The standard InChI is InChI=1S/C26H26ClN5O7S/c1-16(2)18-4-7-22(28-15-18)40(35,36)31-25-23(39-21-14-19(37-3)5-6-20(21)27)26(38-13-12-33)30-24(29-25)17-8-10-32(34)11-9-17/h4-11,14-16,33H,12-13H2,1-3H3,(H,29,30,31). The number of benzene rings is 1. The molecule has 0 aliphatic carbocycles. The van der Waals surface area contributed by atoms with Gasteiger partial charge in [0.2, 0.25) is 5.75 Å². The number of aliphatic hydroxyl groups is 1. The second kappa shape index (κ2) is 12.3. The molecule has 40 heavy (non-hydrogen) atoms. The third-order valence-corrected chi connectivity index (χ3v) is 7.07. The van der Waals surface area contributed by atoms with Gasteiger partial charge in [-0.2, -0.15) is 18.1 Å². The molecule has 14 heteroatoms. The Balaban J connectivity index is 1.87. The van der Waals surface area contributed by atoms with Crippen LogP contribution in [0.4, 0.5) is 5.82 Å². The molecule has 1 aromatic carbocycles. The highest BCUT2D eigenvalue weighted by Gasteiger charge is 2.26. The van der Waals surface area contributed by atoms with Crippen LogP contribution >= 0.6 is 11.6 Å². The normalized spacial score (nSPS) is 11.3. The number of sulfonamides is 1.